The molecule has 0 radical (unpaired) electrons. The lowest BCUT2D eigenvalue weighted by Crippen LogP contribution is -2.42. The predicted molar refractivity (Wildman–Crippen MR) is 156 cm³/mol. The smallest absolute Gasteiger partial charge is 0.404 e. The van der Waals surface area contributed by atoms with Gasteiger partial charge in [0, 0.05) is 61.4 Å². The van der Waals surface area contributed by atoms with Gasteiger partial charge in [-0.25, -0.2) is 4.79 Å². The summed E-state index contributed by atoms with van der Waals surface area (Å²) in [7, 11) is 0. The first kappa shape index (κ1) is 27.7. The average molecular weight is 533 g/mol. The first-order valence-electron chi connectivity index (χ1n) is 14.7. The Balaban J connectivity index is 1.38. The fraction of sp³-hybridized carbons (Fsp3) is 0.531. The van der Waals surface area contributed by atoms with Gasteiger partial charge < -0.3 is 30.8 Å². The van der Waals surface area contributed by atoms with Gasteiger partial charge in [-0.1, -0.05) is 35.9 Å². The summed E-state index contributed by atoms with van der Waals surface area (Å²) >= 11 is 0. The molecule has 210 valence electrons. The number of ether oxygens (including phenoxy) is 1. The molecule has 2 fully saturated rings. The van der Waals surface area contributed by atoms with Crippen LogP contribution in [0.5, 0.6) is 0 Å². The van der Waals surface area contributed by atoms with Crippen molar-refractivity contribution in [1.82, 2.24) is 15.2 Å². The molecule has 1 saturated carbocycles. The van der Waals surface area contributed by atoms with Crippen molar-refractivity contribution >= 4 is 17.0 Å². The van der Waals surface area contributed by atoms with E-state index in [9.17, 15) is 4.79 Å². The number of aromatic nitrogens is 1. The molecule has 7 heteroatoms. The van der Waals surface area contributed by atoms with Crippen molar-refractivity contribution in [1.29, 1.82) is 0 Å². The zero-order chi connectivity index (χ0) is 27.2. The SMILES string of the molecule is Cc1cccc(C(CCNC2CCC(NC(=O)O)CC2)c2cn(CC3CCOCC3)c3ccc(CN)cc23)c1. The minimum atomic E-state index is -0.916. The standard InChI is InChI=1S/C32H44N4O3/c1-22-3-2-4-25(17-22)28(11-14-34-26-6-8-27(9-7-26)35-32(37)38)30-21-36(20-23-12-15-39-16-13-23)31-10-5-24(19-33)18-29(30)31/h2-5,10,17-18,21,23,26-28,34-35H,6-9,11-16,19-20,33H2,1H3,(H,37,38). The topological polar surface area (TPSA) is 102 Å². The first-order chi connectivity index (χ1) is 19.0. The fourth-order valence-corrected chi connectivity index (χ4v) is 6.57. The molecule has 5 rings (SSSR count). The molecule has 7 nitrogen and oxygen atoms in total. The van der Waals surface area contributed by atoms with Crippen molar-refractivity contribution in [3.05, 3.63) is 70.9 Å². The van der Waals surface area contributed by atoms with Crippen molar-refractivity contribution in [2.24, 2.45) is 11.7 Å². The van der Waals surface area contributed by atoms with Gasteiger partial charge in [0.05, 0.1) is 0 Å². The van der Waals surface area contributed by atoms with Gasteiger partial charge in [0.25, 0.3) is 0 Å². The number of hydrogen-bond donors (Lipinski definition) is 4. The Labute approximate surface area is 232 Å². The molecule has 2 heterocycles. The van der Waals surface area contributed by atoms with E-state index in [0.29, 0.717) is 18.5 Å². The van der Waals surface area contributed by atoms with Crippen LogP contribution in [-0.4, -0.2) is 47.6 Å². The summed E-state index contributed by atoms with van der Waals surface area (Å²) in [6, 6.07) is 16.2. The zero-order valence-electron chi connectivity index (χ0n) is 23.2. The average Bonchev–Trinajstić information content (AvgIpc) is 3.29. The van der Waals surface area contributed by atoms with E-state index in [0.717, 1.165) is 71.2 Å². The Kier molecular flexibility index (Phi) is 9.22. The molecule has 1 amide bonds. The van der Waals surface area contributed by atoms with Gasteiger partial charge in [0.1, 0.15) is 0 Å². The molecule has 1 aromatic heterocycles. The summed E-state index contributed by atoms with van der Waals surface area (Å²) in [6.45, 7) is 6.37. The van der Waals surface area contributed by atoms with Gasteiger partial charge in [0.2, 0.25) is 0 Å². The highest BCUT2D eigenvalue weighted by Crippen LogP contribution is 2.36. The maximum Gasteiger partial charge on any atom is 0.404 e. The van der Waals surface area contributed by atoms with Crippen LogP contribution in [0, 0.1) is 12.8 Å². The largest absolute Gasteiger partial charge is 0.465 e. The molecule has 1 aliphatic carbocycles. The number of hydrogen-bond acceptors (Lipinski definition) is 4. The molecule has 39 heavy (non-hydrogen) atoms. The normalized spacial score (nSPS) is 21.2. The molecule has 1 unspecified atom stereocenters. The van der Waals surface area contributed by atoms with Gasteiger partial charge in [-0.05, 0) is 93.2 Å². The second-order valence-electron chi connectivity index (χ2n) is 11.6. The lowest BCUT2D eigenvalue weighted by atomic mass is 9.86. The summed E-state index contributed by atoms with van der Waals surface area (Å²) in [5.41, 5.74) is 12.6. The Hall–Kier alpha value is -2.87. The monoisotopic (exact) mass is 532 g/mol. The first-order valence-corrected chi connectivity index (χ1v) is 14.7. The van der Waals surface area contributed by atoms with E-state index in [1.165, 1.54) is 33.2 Å². The summed E-state index contributed by atoms with van der Waals surface area (Å²) in [6.07, 6.45) is 8.53. The number of nitrogens with two attached hydrogens (primary N) is 1. The minimum Gasteiger partial charge on any atom is -0.465 e. The van der Waals surface area contributed by atoms with Crippen LogP contribution in [0.25, 0.3) is 10.9 Å². The second-order valence-corrected chi connectivity index (χ2v) is 11.6. The number of carboxylic acid groups (broad SMARTS) is 1. The van der Waals surface area contributed by atoms with E-state index in [-0.39, 0.29) is 12.0 Å². The van der Waals surface area contributed by atoms with Gasteiger partial charge in [-0.15, -0.1) is 0 Å². The highest BCUT2D eigenvalue weighted by atomic mass is 16.5. The van der Waals surface area contributed by atoms with Crippen LogP contribution in [-0.2, 0) is 17.8 Å². The number of amides is 1. The molecular formula is C32H44N4O3. The molecule has 0 spiro atoms. The lowest BCUT2D eigenvalue weighted by Gasteiger charge is -2.29. The van der Waals surface area contributed by atoms with Crippen LogP contribution in [0.3, 0.4) is 0 Å². The number of rotatable bonds is 10. The second kappa shape index (κ2) is 13.0. The van der Waals surface area contributed by atoms with E-state index >= 15 is 0 Å². The minimum absolute atomic E-state index is 0.0826. The number of carbonyl (C=O) groups is 1. The van der Waals surface area contributed by atoms with Crippen molar-refractivity contribution in [3.63, 3.8) is 0 Å². The summed E-state index contributed by atoms with van der Waals surface area (Å²) in [5.74, 6) is 0.912. The van der Waals surface area contributed by atoms with Crippen LogP contribution in [0.2, 0.25) is 0 Å². The summed E-state index contributed by atoms with van der Waals surface area (Å²) in [4.78, 5) is 11.0. The van der Waals surface area contributed by atoms with E-state index in [4.69, 9.17) is 15.6 Å². The Bertz CT molecular complexity index is 1240. The van der Waals surface area contributed by atoms with Crippen molar-refractivity contribution in [2.45, 2.75) is 83.0 Å². The third-order valence-electron chi connectivity index (χ3n) is 8.75. The maximum absolute atomic E-state index is 11.0. The molecule has 1 aliphatic heterocycles. The third kappa shape index (κ3) is 7.02. The highest BCUT2D eigenvalue weighted by molar-refractivity contribution is 5.86. The molecular weight excluding hydrogens is 488 g/mol. The lowest BCUT2D eigenvalue weighted by molar-refractivity contribution is 0.0616. The molecule has 1 saturated heterocycles. The number of aryl methyl sites for hydroxylation is 1. The van der Waals surface area contributed by atoms with Crippen LogP contribution in [0.4, 0.5) is 4.79 Å². The molecule has 5 N–H and O–H groups in total. The number of benzene rings is 2. The van der Waals surface area contributed by atoms with Crippen molar-refractivity contribution < 1.29 is 14.6 Å². The summed E-state index contributed by atoms with van der Waals surface area (Å²) in [5, 5.41) is 16.8. The molecule has 2 aromatic carbocycles. The fourth-order valence-electron chi connectivity index (χ4n) is 6.57. The van der Waals surface area contributed by atoms with E-state index in [1.807, 2.05) is 0 Å². The van der Waals surface area contributed by atoms with Crippen LogP contribution >= 0.6 is 0 Å². The van der Waals surface area contributed by atoms with Gasteiger partial charge in [-0.2, -0.15) is 0 Å². The van der Waals surface area contributed by atoms with Gasteiger partial charge in [0.15, 0.2) is 0 Å². The van der Waals surface area contributed by atoms with Crippen LogP contribution in [0.1, 0.15) is 73.1 Å². The Morgan fingerprint density at radius 2 is 1.85 bits per heavy atom. The molecule has 2 aliphatic rings. The van der Waals surface area contributed by atoms with E-state index in [2.05, 4.69) is 70.8 Å². The molecule has 1 atom stereocenters. The van der Waals surface area contributed by atoms with Gasteiger partial charge >= 0.3 is 6.09 Å². The number of fused-ring (bicyclic) bond motifs is 1. The molecule has 3 aromatic rings. The Morgan fingerprint density at radius 1 is 1.08 bits per heavy atom. The quantitative estimate of drug-likeness (QED) is 0.275. The van der Waals surface area contributed by atoms with Gasteiger partial charge in [-0.3, -0.25) is 0 Å². The maximum atomic E-state index is 11.0. The molecule has 0 bridgehead atoms. The third-order valence-corrected chi connectivity index (χ3v) is 8.75. The van der Waals surface area contributed by atoms with E-state index in [1.54, 1.807) is 0 Å². The summed E-state index contributed by atoms with van der Waals surface area (Å²) < 4.78 is 8.10. The van der Waals surface area contributed by atoms with Crippen LogP contribution in [0.15, 0.2) is 48.7 Å². The number of nitrogens with one attached hydrogen (secondary N) is 2. The highest BCUT2D eigenvalue weighted by Gasteiger charge is 2.25. The predicted octanol–water partition coefficient (Wildman–Crippen LogP) is 5.53. The Morgan fingerprint density at radius 3 is 2.56 bits per heavy atom. The number of nitrogens with zero attached hydrogens (tertiary/aromatic N) is 1. The zero-order valence-corrected chi connectivity index (χ0v) is 23.2. The van der Waals surface area contributed by atoms with E-state index < -0.39 is 6.09 Å². The van der Waals surface area contributed by atoms with Crippen molar-refractivity contribution in [2.75, 3.05) is 19.8 Å². The van der Waals surface area contributed by atoms with Crippen molar-refractivity contribution in [3.8, 4) is 0 Å². The van der Waals surface area contributed by atoms with Crippen LogP contribution < -0.4 is 16.4 Å².